The largest absolute Gasteiger partial charge is 0.345 e. The molecule has 2 aliphatic rings. The number of rotatable bonds is 5. The molecule has 1 saturated heterocycles. The second-order valence-corrected chi connectivity index (χ2v) is 10.2. The van der Waals surface area contributed by atoms with Gasteiger partial charge in [0.05, 0.1) is 12.5 Å². The molecule has 1 aromatic heterocycles. The molecule has 0 radical (unpaired) electrons. The first kappa shape index (κ1) is 20.1. The van der Waals surface area contributed by atoms with Gasteiger partial charge in [-0.25, -0.2) is 8.42 Å². The number of fused-ring (bicyclic) bond motifs is 1. The molecule has 2 N–H and O–H groups in total. The molecule has 7 nitrogen and oxygen atoms in total. The number of carbonyl (C=O) groups excluding carboxylic acids is 2. The summed E-state index contributed by atoms with van der Waals surface area (Å²) >= 11 is 1.13. The number of carbonyl (C=O) groups is 2. The molecule has 154 valence electrons. The standard InChI is InChI=1S/C20H23N3O4S2/c1-13(14-5-6-16-15(11-14)12-18(24)22-16)21-20(25)19-17(7-10-28-19)29(26,27)23-8-3-2-4-9-23/h5-7,10-11,13H,2-4,8-9,12H2,1H3,(H,21,25)(H,22,24). The van der Waals surface area contributed by atoms with Crippen molar-refractivity contribution in [1.29, 1.82) is 0 Å². The molecule has 2 aromatic rings. The van der Waals surface area contributed by atoms with Gasteiger partial charge in [-0.1, -0.05) is 18.6 Å². The van der Waals surface area contributed by atoms with E-state index in [2.05, 4.69) is 10.6 Å². The predicted molar refractivity (Wildman–Crippen MR) is 112 cm³/mol. The molecule has 0 bridgehead atoms. The Kier molecular flexibility index (Phi) is 5.46. The molecular weight excluding hydrogens is 410 g/mol. The summed E-state index contributed by atoms with van der Waals surface area (Å²) in [7, 11) is -3.67. The number of nitrogens with one attached hydrogen (secondary N) is 2. The van der Waals surface area contributed by atoms with E-state index in [4.69, 9.17) is 0 Å². The molecule has 9 heteroatoms. The molecule has 0 aliphatic carbocycles. The Balaban J connectivity index is 1.52. The van der Waals surface area contributed by atoms with Gasteiger partial charge in [0, 0.05) is 18.8 Å². The fraction of sp³-hybridized carbons (Fsp3) is 0.400. The van der Waals surface area contributed by atoms with E-state index >= 15 is 0 Å². The SMILES string of the molecule is CC(NC(=O)c1sccc1S(=O)(=O)N1CCCCC1)c1ccc2c(c1)CC(=O)N2. The zero-order valence-electron chi connectivity index (χ0n) is 16.1. The van der Waals surface area contributed by atoms with E-state index in [1.807, 2.05) is 25.1 Å². The Morgan fingerprint density at radius 1 is 1.21 bits per heavy atom. The average molecular weight is 434 g/mol. The Morgan fingerprint density at radius 3 is 2.72 bits per heavy atom. The molecule has 0 spiro atoms. The summed E-state index contributed by atoms with van der Waals surface area (Å²) in [6, 6.07) is 6.78. The summed E-state index contributed by atoms with van der Waals surface area (Å²) in [5.74, 6) is -0.447. The van der Waals surface area contributed by atoms with E-state index in [0.29, 0.717) is 19.5 Å². The fourth-order valence-electron chi connectivity index (χ4n) is 3.77. The number of nitrogens with zero attached hydrogens (tertiary/aromatic N) is 1. The Morgan fingerprint density at radius 2 is 1.97 bits per heavy atom. The van der Waals surface area contributed by atoms with Gasteiger partial charge >= 0.3 is 0 Å². The van der Waals surface area contributed by atoms with E-state index in [9.17, 15) is 18.0 Å². The van der Waals surface area contributed by atoms with E-state index in [0.717, 1.165) is 47.4 Å². The van der Waals surface area contributed by atoms with Crippen LogP contribution in [0.2, 0.25) is 0 Å². The van der Waals surface area contributed by atoms with Crippen molar-refractivity contribution in [3.63, 3.8) is 0 Å². The molecule has 0 saturated carbocycles. The number of thiophene rings is 1. The third-order valence-electron chi connectivity index (χ3n) is 5.37. The molecule has 2 aliphatic heterocycles. The Bertz CT molecular complexity index is 1060. The molecule has 1 unspecified atom stereocenters. The first-order chi connectivity index (χ1) is 13.9. The lowest BCUT2D eigenvalue weighted by Crippen LogP contribution is -2.36. The lowest BCUT2D eigenvalue weighted by atomic mass is 10.0. The predicted octanol–water partition coefficient (Wildman–Crippen LogP) is 2.91. The van der Waals surface area contributed by atoms with Gasteiger partial charge in [0.25, 0.3) is 5.91 Å². The minimum atomic E-state index is -3.67. The van der Waals surface area contributed by atoms with Crippen LogP contribution in [0.15, 0.2) is 34.5 Å². The summed E-state index contributed by atoms with van der Waals surface area (Å²) < 4.78 is 27.5. The highest BCUT2D eigenvalue weighted by Gasteiger charge is 2.31. The van der Waals surface area contributed by atoms with Crippen LogP contribution < -0.4 is 10.6 Å². The lowest BCUT2D eigenvalue weighted by Gasteiger charge is -2.26. The first-order valence-electron chi connectivity index (χ1n) is 9.67. The van der Waals surface area contributed by atoms with Crippen molar-refractivity contribution in [1.82, 2.24) is 9.62 Å². The molecule has 1 fully saturated rings. The van der Waals surface area contributed by atoms with Crippen molar-refractivity contribution in [3.05, 3.63) is 45.6 Å². The van der Waals surface area contributed by atoms with E-state index in [1.54, 1.807) is 5.38 Å². The molecule has 1 aromatic carbocycles. The third-order valence-corrected chi connectivity index (χ3v) is 8.35. The number of benzene rings is 1. The number of amides is 2. The third kappa shape index (κ3) is 3.94. The van der Waals surface area contributed by atoms with Gasteiger partial charge < -0.3 is 10.6 Å². The highest BCUT2D eigenvalue weighted by Crippen LogP contribution is 2.29. The van der Waals surface area contributed by atoms with Crippen LogP contribution in [0.1, 0.15) is 53.0 Å². The van der Waals surface area contributed by atoms with Crippen molar-refractivity contribution in [2.45, 2.75) is 43.5 Å². The molecular formula is C20H23N3O4S2. The number of piperidine rings is 1. The number of hydrogen-bond acceptors (Lipinski definition) is 5. The van der Waals surface area contributed by atoms with Gasteiger partial charge in [-0.2, -0.15) is 4.31 Å². The Hall–Kier alpha value is -2.23. The lowest BCUT2D eigenvalue weighted by molar-refractivity contribution is -0.115. The van der Waals surface area contributed by atoms with Crippen molar-refractivity contribution in [2.75, 3.05) is 18.4 Å². The van der Waals surface area contributed by atoms with Crippen molar-refractivity contribution in [3.8, 4) is 0 Å². The minimum Gasteiger partial charge on any atom is -0.345 e. The van der Waals surface area contributed by atoms with E-state index < -0.39 is 15.9 Å². The molecule has 2 amide bonds. The quantitative estimate of drug-likeness (QED) is 0.758. The highest BCUT2D eigenvalue weighted by atomic mass is 32.2. The second-order valence-electron chi connectivity index (χ2n) is 7.42. The van der Waals surface area contributed by atoms with E-state index in [1.165, 1.54) is 10.4 Å². The van der Waals surface area contributed by atoms with Crippen LogP contribution in [0.4, 0.5) is 5.69 Å². The van der Waals surface area contributed by atoms with Gasteiger partial charge in [0.15, 0.2) is 0 Å². The maximum absolute atomic E-state index is 13.0. The minimum absolute atomic E-state index is 0.0417. The van der Waals surface area contributed by atoms with Crippen LogP contribution in [0.25, 0.3) is 0 Å². The summed E-state index contributed by atoms with van der Waals surface area (Å²) in [5, 5.41) is 7.33. The zero-order chi connectivity index (χ0) is 20.6. The van der Waals surface area contributed by atoms with Crippen LogP contribution in [0.5, 0.6) is 0 Å². The Labute approximate surface area is 174 Å². The van der Waals surface area contributed by atoms with Crippen LogP contribution in [0, 0.1) is 0 Å². The van der Waals surface area contributed by atoms with Crippen LogP contribution >= 0.6 is 11.3 Å². The van der Waals surface area contributed by atoms with Gasteiger partial charge in [0.2, 0.25) is 15.9 Å². The van der Waals surface area contributed by atoms with Gasteiger partial charge in [-0.3, -0.25) is 9.59 Å². The van der Waals surface area contributed by atoms with Crippen LogP contribution in [-0.2, 0) is 21.2 Å². The highest BCUT2D eigenvalue weighted by molar-refractivity contribution is 7.89. The number of hydrogen-bond donors (Lipinski definition) is 2. The summed E-state index contributed by atoms with van der Waals surface area (Å²) in [5.41, 5.74) is 2.56. The van der Waals surface area contributed by atoms with E-state index in [-0.39, 0.29) is 21.7 Å². The van der Waals surface area contributed by atoms with Crippen LogP contribution in [0.3, 0.4) is 0 Å². The number of sulfonamides is 1. The molecule has 1 atom stereocenters. The smallest absolute Gasteiger partial charge is 0.263 e. The van der Waals surface area contributed by atoms with Gasteiger partial charge in [0.1, 0.15) is 9.77 Å². The second kappa shape index (κ2) is 7.89. The maximum atomic E-state index is 13.0. The van der Waals surface area contributed by atoms with Crippen LogP contribution in [-0.4, -0.2) is 37.6 Å². The fourth-order valence-corrected chi connectivity index (χ4v) is 6.60. The molecule has 4 rings (SSSR count). The zero-order valence-corrected chi connectivity index (χ0v) is 17.7. The normalized spacial score (nSPS) is 18.2. The summed E-state index contributed by atoms with van der Waals surface area (Å²) in [6.07, 6.45) is 3.05. The average Bonchev–Trinajstić information content (AvgIpc) is 3.34. The number of anilines is 1. The van der Waals surface area contributed by atoms with Gasteiger partial charge in [-0.05, 0) is 48.4 Å². The summed E-state index contributed by atoms with van der Waals surface area (Å²) in [6.45, 7) is 2.84. The first-order valence-corrected chi connectivity index (χ1v) is 12.0. The summed E-state index contributed by atoms with van der Waals surface area (Å²) in [4.78, 5) is 24.7. The van der Waals surface area contributed by atoms with Crippen molar-refractivity contribution >= 4 is 38.9 Å². The molecule has 3 heterocycles. The van der Waals surface area contributed by atoms with Crippen molar-refractivity contribution < 1.29 is 18.0 Å². The topological polar surface area (TPSA) is 95.6 Å². The maximum Gasteiger partial charge on any atom is 0.263 e. The molecule has 29 heavy (non-hydrogen) atoms. The van der Waals surface area contributed by atoms with Gasteiger partial charge in [-0.15, -0.1) is 11.3 Å². The van der Waals surface area contributed by atoms with Crippen molar-refractivity contribution in [2.24, 2.45) is 0 Å². The monoisotopic (exact) mass is 433 g/mol.